The van der Waals surface area contributed by atoms with Crippen molar-refractivity contribution in [2.45, 2.75) is 26.2 Å². The molecule has 1 N–H and O–H groups in total. The zero-order chi connectivity index (χ0) is 20.5. The number of anilines is 1. The van der Waals surface area contributed by atoms with Gasteiger partial charge in [0.2, 0.25) is 0 Å². The summed E-state index contributed by atoms with van der Waals surface area (Å²) >= 11 is 0. The summed E-state index contributed by atoms with van der Waals surface area (Å²) in [7, 11) is 0. The maximum Gasteiger partial charge on any atom is 0.339 e. The summed E-state index contributed by atoms with van der Waals surface area (Å²) in [6.45, 7) is 1.83. The maximum absolute atomic E-state index is 12.5. The number of hydrogen-bond acceptors (Lipinski definition) is 3. The first-order valence-electron chi connectivity index (χ1n) is 9.87. The van der Waals surface area contributed by atoms with E-state index in [0.29, 0.717) is 11.3 Å². The highest BCUT2D eigenvalue weighted by Gasteiger charge is 2.15. The van der Waals surface area contributed by atoms with E-state index in [1.807, 2.05) is 66.7 Å². The van der Waals surface area contributed by atoms with E-state index in [4.69, 9.17) is 4.74 Å². The van der Waals surface area contributed by atoms with Gasteiger partial charge in [0.05, 0.1) is 5.56 Å². The summed E-state index contributed by atoms with van der Waals surface area (Å²) in [5.74, 6) is -0.883. The molecule has 0 radical (unpaired) electrons. The molecule has 0 bridgehead atoms. The third-order valence-corrected chi connectivity index (χ3v) is 4.62. The number of ether oxygens (including phenoxy) is 1. The average Bonchev–Trinajstić information content (AvgIpc) is 2.77. The summed E-state index contributed by atoms with van der Waals surface area (Å²) in [5.41, 5.74) is 4.07. The Balaban J connectivity index is 1.58. The molecule has 3 rings (SSSR count). The zero-order valence-electron chi connectivity index (χ0n) is 16.6. The Bertz CT molecular complexity index is 949. The van der Waals surface area contributed by atoms with Crippen molar-refractivity contribution in [3.63, 3.8) is 0 Å². The van der Waals surface area contributed by atoms with Crippen molar-refractivity contribution in [2.24, 2.45) is 0 Å². The van der Waals surface area contributed by atoms with Crippen molar-refractivity contribution in [3.05, 3.63) is 90.0 Å². The minimum absolute atomic E-state index is 0.334. The van der Waals surface area contributed by atoms with Crippen LogP contribution in [0.15, 0.2) is 78.9 Å². The third kappa shape index (κ3) is 5.79. The number of unbranched alkanes of at least 4 members (excludes halogenated alkanes) is 1. The topological polar surface area (TPSA) is 55.4 Å². The molecule has 29 heavy (non-hydrogen) atoms. The summed E-state index contributed by atoms with van der Waals surface area (Å²) in [6.07, 6.45) is 3.33. The summed E-state index contributed by atoms with van der Waals surface area (Å²) in [6, 6.07) is 24.6. The van der Waals surface area contributed by atoms with Crippen LogP contribution in [-0.4, -0.2) is 18.5 Å². The van der Waals surface area contributed by atoms with Gasteiger partial charge < -0.3 is 10.1 Å². The zero-order valence-corrected chi connectivity index (χ0v) is 16.6. The first kappa shape index (κ1) is 20.3. The average molecular weight is 387 g/mol. The summed E-state index contributed by atoms with van der Waals surface area (Å²) < 4.78 is 5.25. The smallest absolute Gasteiger partial charge is 0.339 e. The summed E-state index contributed by atoms with van der Waals surface area (Å²) in [4.78, 5) is 24.7. The van der Waals surface area contributed by atoms with Gasteiger partial charge in [0, 0.05) is 5.69 Å². The van der Waals surface area contributed by atoms with E-state index >= 15 is 0 Å². The monoisotopic (exact) mass is 387 g/mol. The standard InChI is InChI=1S/C25H25NO3/c1-2-3-9-19-14-16-21(17-15-19)26-24(27)18-29-25(28)23-13-8-7-12-22(23)20-10-5-4-6-11-20/h4-8,10-17H,2-3,9,18H2,1H3,(H,26,27). The van der Waals surface area contributed by atoms with Gasteiger partial charge in [-0.25, -0.2) is 4.79 Å². The molecule has 0 saturated heterocycles. The fraction of sp³-hybridized carbons (Fsp3) is 0.200. The van der Waals surface area contributed by atoms with Gasteiger partial charge in [-0.15, -0.1) is 0 Å². The molecule has 0 heterocycles. The molecule has 0 aliphatic heterocycles. The van der Waals surface area contributed by atoms with Crippen molar-refractivity contribution >= 4 is 17.6 Å². The molecule has 3 aromatic carbocycles. The number of carbonyl (C=O) groups excluding carboxylic acids is 2. The van der Waals surface area contributed by atoms with E-state index in [0.717, 1.165) is 30.4 Å². The molecule has 0 saturated carbocycles. The largest absolute Gasteiger partial charge is 0.452 e. The lowest BCUT2D eigenvalue weighted by Crippen LogP contribution is -2.21. The van der Waals surface area contributed by atoms with Crippen LogP contribution in [0, 0.1) is 0 Å². The highest BCUT2D eigenvalue weighted by molar-refractivity contribution is 5.99. The fourth-order valence-corrected chi connectivity index (χ4v) is 3.07. The van der Waals surface area contributed by atoms with E-state index in [-0.39, 0.29) is 12.5 Å². The number of hydrogen-bond donors (Lipinski definition) is 1. The molecule has 0 aliphatic rings. The highest BCUT2D eigenvalue weighted by Crippen LogP contribution is 2.24. The van der Waals surface area contributed by atoms with E-state index in [1.54, 1.807) is 12.1 Å². The molecule has 1 amide bonds. The Labute approximate surface area is 171 Å². The van der Waals surface area contributed by atoms with Gasteiger partial charge in [-0.2, -0.15) is 0 Å². The third-order valence-electron chi connectivity index (χ3n) is 4.62. The second-order valence-electron chi connectivity index (χ2n) is 6.84. The van der Waals surface area contributed by atoms with Crippen LogP contribution in [0.3, 0.4) is 0 Å². The van der Waals surface area contributed by atoms with Crippen molar-refractivity contribution in [3.8, 4) is 11.1 Å². The van der Waals surface area contributed by atoms with E-state index in [2.05, 4.69) is 12.2 Å². The molecule has 4 heteroatoms. The van der Waals surface area contributed by atoms with Crippen molar-refractivity contribution in [2.75, 3.05) is 11.9 Å². The SMILES string of the molecule is CCCCc1ccc(NC(=O)COC(=O)c2ccccc2-c2ccccc2)cc1. The van der Waals surface area contributed by atoms with Gasteiger partial charge in [-0.3, -0.25) is 4.79 Å². The second-order valence-corrected chi connectivity index (χ2v) is 6.84. The normalized spacial score (nSPS) is 10.4. The van der Waals surface area contributed by atoms with Crippen LogP contribution in [0.5, 0.6) is 0 Å². The van der Waals surface area contributed by atoms with Gasteiger partial charge in [-0.1, -0.05) is 74.0 Å². The summed E-state index contributed by atoms with van der Waals surface area (Å²) in [5, 5.41) is 2.76. The van der Waals surface area contributed by atoms with Gasteiger partial charge in [0.1, 0.15) is 0 Å². The molecule has 4 nitrogen and oxygen atoms in total. The maximum atomic E-state index is 12.5. The molecule has 0 aliphatic carbocycles. The van der Waals surface area contributed by atoms with E-state index in [1.165, 1.54) is 5.56 Å². The lowest BCUT2D eigenvalue weighted by molar-refractivity contribution is -0.119. The second kappa shape index (κ2) is 10.2. The lowest BCUT2D eigenvalue weighted by Gasteiger charge is -2.10. The Morgan fingerprint density at radius 3 is 2.28 bits per heavy atom. The van der Waals surface area contributed by atoms with E-state index in [9.17, 15) is 9.59 Å². The van der Waals surface area contributed by atoms with Gasteiger partial charge in [-0.05, 0) is 47.7 Å². The van der Waals surface area contributed by atoms with Crippen molar-refractivity contribution in [1.82, 2.24) is 0 Å². The quantitative estimate of drug-likeness (QED) is 0.520. The Morgan fingerprint density at radius 2 is 1.55 bits per heavy atom. The predicted molar refractivity (Wildman–Crippen MR) is 116 cm³/mol. The molecule has 148 valence electrons. The molecule has 3 aromatic rings. The van der Waals surface area contributed by atoms with Crippen LogP contribution < -0.4 is 5.32 Å². The molecular formula is C25H25NO3. The first-order chi connectivity index (χ1) is 14.2. The Kier molecular flexibility index (Phi) is 7.17. The minimum atomic E-state index is -0.519. The predicted octanol–water partition coefficient (Wildman–Crippen LogP) is 5.49. The van der Waals surface area contributed by atoms with Crippen LogP contribution in [0.4, 0.5) is 5.69 Å². The number of amides is 1. The molecule has 0 aromatic heterocycles. The molecule has 0 atom stereocenters. The molecule has 0 unspecified atom stereocenters. The van der Waals surface area contributed by atoms with Crippen molar-refractivity contribution in [1.29, 1.82) is 0 Å². The Morgan fingerprint density at radius 1 is 0.862 bits per heavy atom. The number of aryl methyl sites for hydroxylation is 1. The number of esters is 1. The van der Waals surface area contributed by atoms with Crippen LogP contribution in [0.25, 0.3) is 11.1 Å². The van der Waals surface area contributed by atoms with Gasteiger partial charge in [0.15, 0.2) is 6.61 Å². The van der Waals surface area contributed by atoms with Gasteiger partial charge >= 0.3 is 5.97 Å². The molecule has 0 fully saturated rings. The Hall–Kier alpha value is -3.40. The minimum Gasteiger partial charge on any atom is -0.452 e. The number of nitrogens with one attached hydrogen (secondary N) is 1. The lowest BCUT2D eigenvalue weighted by atomic mass is 10.00. The van der Waals surface area contributed by atoms with Crippen LogP contribution >= 0.6 is 0 Å². The molecule has 0 spiro atoms. The van der Waals surface area contributed by atoms with Crippen molar-refractivity contribution < 1.29 is 14.3 Å². The van der Waals surface area contributed by atoms with Crippen LogP contribution in [0.1, 0.15) is 35.7 Å². The molecular weight excluding hydrogens is 362 g/mol. The number of rotatable bonds is 8. The van der Waals surface area contributed by atoms with Crippen LogP contribution in [0.2, 0.25) is 0 Å². The highest BCUT2D eigenvalue weighted by atomic mass is 16.5. The van der Waals surface area contributed by atoms with Gasteiger partial charge in [0.25, 0.3) is 5.91 Å². The number of carbonyl (C=O) groups is 2. The van der Waals surface area contributed by atoms with Crippen LogP contribution in [-0.2, 0) is 16.0 Å². The fourth-order valence-electron chi connectivity index (χ4n) is 3.07. The first-order valence-corrected chi connectivity index (χ1v) is 9.87. The van der Waals surface area contributed by atoms with E-state index < -0.39 is 5.97 Å². The number of benzene rings is 3.